The molecule has 0 bridgehead atoms. The lowest BCUT2D eigenvalue weighted by atomic mass is 9.72. The number of fused-ring (bicyclic) bond motifs is 1. The lowest BCUT2D eigenvalue weighted by Crippen LogP contribution is -2.25. The van der Waals surface area contributed by atoms with Crippen LogP contribution in [0.4, 0.5) is 0 Å². The van der Waals surface area contributed by atoms with Crippen LogP contribution in [0.1, 0.15) is 52.3 Å². The predicted molar refractivity (Wildman–Crippen MR) is 107 cm³/mol. The first-order valence-electron chi connectivity index (χ1n) is 9.52. The fourth-order valence-electron chi connectivity index (χ4n) is 4.00. The van der Waals surface area contributed by atoms with E-state index < -0.39 is 0 Å². The van der Waals surface area contributed by atoms with E-state index in [-0.39, 0.29) is 22.5 Å². The third kappa shape index (κ3) is 4.71. The van der Waals surface area contributed by atoms with Crippen molar-refractivity contribution < 1.29 is 9.47 Å². The Hall–Kier alpha value is -2.30. The molecule has 1 atom stereocenters. The molecule has 0 aliphatic carbocycles. The maximum absolute atomic E-state index is 11.5. The third-order valence-electron chi connectivity index (χ3n) is 4.90. The fraction of sp³-hybridized carbons (Fsp3) is 0.545. The Morgan fingerprint density at radius 3 is 2.48 bits per heavy atom. The van der Waals surface area contributed by atoms with Gasteiger partial charge in [-0.1, -0.05) is 46.8 Å². The molecule has 1 aliphatic rings. The fourth-order valence-corrected chi connectivity index (χ4v) is 4.00. The molecule has 0 amide bonds. The minimum absolute atomic E-state index is 0.114. The summed E-state index contributed by atoms with van der Waals surface area (Å²) < 4.78 is 13.6. The normalized spacial score (nSPS) is 16.7. The summed E-state index contributed by atoms with van der Waals surface area (Å²) in [5.41, 5.74) is 2.30. The van der Waals surface area contributed by atoms with E-state index >= 15 is 0 Å². The molecule has 0 N–H and O–H groups in total. The molecule has 2 aromatic rings. The molecule has 0 fully saturated rings. The Bertz CT molecular complexity index is 861. The quantitative estimate of drug-likeness (QED) is 0.795. The van der Waals surface area contributed by atoms with E-state index in [2.05, 4.69) is 51.7 Å². The van der Waals surface area contributed by atoms with Gasteiger partial charge in [-0.15, -0.1) is 0 Å². The van der Waals surface area contributed by atoms with Crippen molar-refractivity contribution in [1.82, 2.24) is 9.55 Å². The van der Waals surface area contributed by atoms with Crippen molar-refractivity contribution >= 4 is 0 Å². The van der Waals surface area contributed by atoms with Gasteiger partial charge in [0.15, 0.2) is 6.10 Å². The zero-order valence-corrected chi connectivity index (χ0v) is 17.2. The van der Waals surface area contributed by atoms with Gasteiger partial charge in [-0.25, -0.2) is 0 Å². The van der Waals surface area contributed by atoms with Crippen molar-refractivity contribution in [3.05, 3.63) is 51.9 Å². The zero-order valence-electron chi connectivity index (χ0n) is 17.2. The summed E-state index contributed by atoms with van der Waals surface area (Å²) in [6.07, 6.45) is 0.967. The molecule has 1 aromatic carbocycles. The van der Waals surface area contributed by atoms with Crippen molar-refractivity contribution in [2.75, 3.05) is 6.61 Å². The third-order valence-corrected chi connectivity index (χ3v) is 4.90. The molecule has 2 heterocycles. The number of aryl methyl sites for hydroxylation is 1. The van der Waals surface area contributed by atoms with Crippen LogP contribution in [-0.4, -0.2) is 22.3 Å². The second-order valence-electron chi connectivity index (χ2n) is 9.33. The Balaban J connectivity index is 1.60. The average molecular weight is 370 g/mol. The summed E-state index contributed by atoms with van der Waals surface area (Å²) in [6.45, 7) is 14.3. The van der Waals surface area contributed by atoms with Gasteiger partial charge in [0, 0.05) is 11.8 Å². The van der Waals surface area contributed by atoms with E-state index in [1.54, 1.807) is 0 Å². The van der Waals surface area contributed by atoms with Crippen LogP contribution in [-0.2, 0) is 12.0 Å². The number of rotatable bonds is 5. The Morgan fingerprint density at radius 2 is 1.85 bits per heavy atom. The minimum atomic E-state index is -0.270. The van der Waals surface area contributed by atoms with Crippen molar-refractivity contribution in [2.45, 2.75) is 66.0 Å². The first-order valence-corrected chi connectivity index (χ1v) is 9.52. The predicted octanol–water partition coefficient (Wildman–Crippen LogP) is 4.11. The van der Waals surface area contributed by atoms with Crippen LogP contribution in [0, 0.1) is 12.3 Å². The van der Waals surface area contributed by atoms with Gasteiger partial charge in [-0.2, -0.15) is 4.98 Å². The highest BCUT2D eigenvalue weighted by Crippen LogP contribution is 2.36. The number of benzene rings is 1. The zero-order chi connectivity index (χ0) is 19.8. The minimum Gasteiger partial charge on any atom is -0.490 e. The van der Waals surface area contributed by atoms with E-state index in [4.69, 9.17) is 9.47 Å². The standard InChI is InChI=1S/C22H30N2O3/c1-15-11-19(25)23-20-24(15)12-18(27-20)13-26-17-9-7-16(8-10-17)22(5,6)14-21(2,3)4/h7-11,18H,12-14H2,1-6H3. The summed E-state index contributed by atoms with van der Waals surface area (Å²) in [7, 11) is 0. The molecule has 0 saturated carbocycles. The molecule has 5 heteroatoms. The largest absolute Gasteiger partial charge is 0.490 e. The van der Waals surface area contributed by atoms with Crippen molar-refractivity contribution in [3.63, 3.8) is 0 Å². The maximum Gasteiger partial charge on any atom is 0.300 e. The summed E-state index contributed by atoms with van der Waals surface area (Å²) in [4.78, 5) is 15.4. The van der Waals surface area contributed by atoms with Gasteiger partial charge in [0.05, 0.1) is 6.54 Å². The van der Waals surface area contributed by atoms with Crippen molar-refractivity contribution in [2.24, 2.45) is 5.41 Å². The van der Waals surface area contributed by atoms with Crippen LogP contribution in [0.2, 0.25) is 0 Å². The number of hydrogen-bond acceptors (Lipinski definition) is 4. The van der Waals surface area contributed by atoms with Gasteiger partial charge in [-0.05, 0) is 41.9 Å². The molecular formula is C22H30N2O3. The van der Waals surface area contributed by atoms with Gasteiger partial charge >= 0.3 is 0 Å². The molecule has 146 valence electrons. The van der Waals surface area contributed by atoms with Crippen molar-refractivity contribution in [1.29, 1.82) is 0 Å². The number of nitrogens with zero attached hydrogens (tertiary/aromatic N) is 2. The molecule has 3 rings (SSSR count). The van der Waals surface area contributed by atoms with Gasteiger partial charge < -0.3 is 9.47 Å². The van der Waals surface area contributed by atoms with E-state index in [1.807, 2.05) is 23.6 Å². The number of hydrogen-bond donors (Lipinski definition) is 0. The topological polar surface area (TPSA) is 53.4 Å². The Labute approximate surface area is 161 Å². The summed E-state index contributed by atoms with van der Waals surface area (Å²) in [5, 5.41) is 0. The second-order valence-corrected chi connectivity index (χ2v) is 9.33. The van der Waals surface area contributed by atoms with Crippen LogP contribution in [0.25, 0.3) is 0 Å². The summed E-state index contributed by atoms with van der Waals surface area (Å²) in [6, 6.07) is 10.2. The first kappa shape index (κ1) is 19.5. The molecule has 1 aliphatic heterocycles. The van der Waals surface area contributed by atoms with E-state index in [0.717, 1.165) is 17.9 Å². The molecule has 27 heavy (non-hydrogen) atoms. The van der Waals surface area contributed by atoms with E-state index in [9.17, 15) is 4.79 Å². The van der Waals surface area contributed by atoms with E-state index in [0.29, 0.717) is 19.2 Å². The Morgan fingerprint density at radius 1 is 1.19 bits per heavy atom. The maximum atomic E-state index is 11.5. The smallest absolute Gasteiger partial charge is 0.300 e. The number of ether oxygens (including phenoxy) is 2. The van der Waals surface area contributed by atoms with Gasteiger partial charge in [0.1, 0.15) is 12.4 Å². The van der Waals surface area contributed by atoms with Crippen molar-refractivity contribution in [3.8, 4) is 11.8 Å². The highest BCUT2D eigenvalue weighted by molar-refractivity contribution is 5.32. The first-order chi connectivity index (χ1) is 12.5. The van der Waals surface area contributed by atoms with Crippen LogP contribution < -0.4 is 15.0 Å². The van der Waals surface area contributed by atoms with Crippen LogP contribution in [0.5, 0.6) is 11.8 Å². The van der Waals surface area contributed by atoms with E-state index in [1.165, 1.54) is 11.6 Å². The molecular weight excluding hydrogens is 340 g/mol. The molecule has 0 saturated heterocycles. The highest BCUT2D eigenvalue weighted by Gasteiger charge is 2.28. The monoisotopic (exact) mass is 370 g/mol. The lowest BCUT2D eigenvalue weighted by molar-refractivity contribution is 0.143. The average Bonchev–Trinajstić information content (AvgIpc) is 2.94. The second kappa shape index (κ2) is 7.02. The van der Waals surface area contributed by atoms with Crippen LogP contribution >= 0.6 is 0 Å². The van der Waals surface area contributed by atoms with Gasteiger partial charge in [-0.3, -0.25) is 9.36 Å². The molecule has 0 radical (unpaired) electrons. The van der Waals surface area contributed by atoms with Gasteiger partial charge in [0.2, 0.25) is 0 Å². The SMILES string of the molecule is Cc1cc(=O)nc2n1CC(COc1ccc(C(C)(C)CC(C)(C)C)cc1)O2. The molecule has 5 nitrogen and oxygen atoms in total. The highest BCUT2D eigenvalue weighted by atomic mass is 16.6. The molecule has 1 aromatic heterocycles. The van der Waals surface area contributed by atoms with Crippen LogP contribution in [0.3, 0.4) is 0 Å². The van der Waals surface area contributed by atoms with Gasteiger partial charge in [0.25, 0.3) is 11.6 Å². The summed E-state index contributed by atoms with van der Waals surface area (Å²) in [5.74, 6) is 0.823. The Kier molecular flexibility index (Phi) is 5.06. The van der Waals surface area contributed by atoms with Crippen LogP contribution in [0.15, 0.2) is 35.1 Å². The molecule has 1 unspecified atom stereocenters. The summed E-state index contributed by atoms with van der Waals surface area (Å²) >= 11 is 0. The number of aromatic nitrogens is 2. The molecule has 0 spiro atoms. The lowest BCUT2D eigenvalue weighted by Gasteiger charge is -2.33.